The summed E-state index contributed by atoms with van der Waals surface area (Å²) in [6, 6.07) is 7.45. The van der Waals surface area contributed by atoms with Crippen LogP contribution in [0, 0.1) is 11.8 Å². The standard InChI is InChI=1S/C13H13N3O2/c1-10(16-9-14-15-13(16)18)12-6-4-11(5-7-12)3-2-8-17/h4-7,9-10,17H,8H2,1H3,(H,15,18). The third kappa shape index (κ3) is 2.50. The Morgan fingerprint density at radius 3 is 2.72 bits per heavy atom. The van der Waals surface area contributed by atoms with Gasteiger partial charge in [0.25, 0.3) is 0 Å². The Morgan fingerprint density at radius 2 is 2.17 bits per heavy atom. The lowest BCUT2D eigenvalue weighted by Gasteiger charge is -2.11. The minimum Gasteiger partial charge on any atom is -0.384 e. The summed E-state index contributed by atoms with van der Waals surface area (Å²) in [5.41, 5.74) is 1.60. The fourth-order valence-corrected chi connectivity index (χ4v) is 1.68. The van der Waals surface area contributed by atoms with Gasteiger partial charge in [0.1, 0.15) is 12.9 Å². The maximum atomic E-state index is 11.4. The second-order valence-corrected chi connectivity index (χ2v) is 3.83. The molecule has 0 spiro atoms. The predicted octanol–water partition coefficient (Wildman–Crippen LogP) is 0.524. The molecule has 1 aromatic carbocycles. The van der Waals surface area contributed by atoms with E-state index in [1.807, 2.05) is 31.2 Å². The first-order valence-electron chi connectivity index (χ1n) is 5.53. The largest absolute Gasteiger partial charge is 0.384 e. The van der Waals surface area contributed by atoms with Crippen molar-refractivity contribution in [2.45, 2.75) is 13.0 Å². The Balaban J connectivity index is 2.25. The van der Waals surface area contributed by atoms with E-state index >= 15 is 0 Å². The topological polar surface area (TPSA) is 70.9 Å². The third-order valence-corrected chi connectivity index (χ3v) is 2.70. The van der Waals surface area contributed by atoms with Gasteiger partial charge in [-0.15, -0.1) is 0 Å². The highest BCUT2D eigenvalue weighted by molar-refractivity contribution is 5.37. The van der Waals surface area contributed by atoms with Crippen molar-refractivity contribution in [3.8, 4) is 11.8 Å². The highest BCUT2D eigenvalue weighted by Gasteiger charge is 2.09. The maximum absolute atomic E-state index is 11.4. The van der Waals surface area contributed by atoms with Crippen molar-refractivity contribution < 1.29 is 5.11 Å². The molecule has 0 saturated carbocycles. The fourth-order valence-electron chi connectivity index (χ4n) is 1.68. The van der Waals surface area contributed by atoms with Crippen LogP contribution in [0.5, 0.6) is 0 Å². The Labute approximate surface area is 104 Å². The number of aliphatic hydroxyl groups excluding tert-OH is 1. The lowest BCUT2D eigenvalue weighted by molar-refractivity contribution is 0.350. The van der Waals surface area contributed by atoms with Crippen molar-refractivity contribution in [2.75, 3.05) is 6.61 Å². The number of aromatic nitrogens is 3. The molecule has 0 saturated heterocycles. The molecule has 2 rings (SSSR count). The predicted molar refractivity (Wildman–Crippen MR) is 67.1 cm³/mol. The molecule has 0 fully saturated rings. The van der Waals surface area contributed by atoms with Crippen LogP contribution in [0.3, 0.4) is 0 Å². The number of aromatic amines is 1. The van der Waals surface area contributed by atoms with Crippen molar-refractivity contribution in [2.24, 2.45) is 0 Å². The van der Waals surface area contributed by atoms with Crippen LogP contribution in [-0.4, -0.2) is 26.5 Å². The smallest absolute Gasteiger partial charge is 0.343 e. The van der Waals surface area contributed by atoms with Crippen LogP contribution < -0.4 is 5.69 Å². The summed E-state index contributed by atoms with van der Waals surface area (Å²) in [5, 5.41) is 14.7. The van der Waals surface area contributed by atoms with Gasteiger partial charge in [0.05, 0.1) is 6.04 Å². The van der Waals surface area contributed by atoms with Crippen molar-refractivity contribution in [1.29, 1.82) is 0 Å². The summed E-state index contributed by atoms with van der Waals surface area (Å²) >= 11 is 0. The molecule has 0 amide bonds. The van der Waals surface area contributed by atoms with Crippen LogP contribution in [0.4, 0.5) is 0 Å². The number of H-pyrrole nitrogens is 1. The Kier molecular flexibility index (Phi) is 3.60. The Morgan fingerprint density at radius 1 is 1.44 bits per heavy atom. The average Bonchev–Trinajstić information content (AvgIpc) is 2.82. The zero-order valence-electron chi connectivity index (χ0n) is 9.92. The highest BCUT2D eigenvalue weighted by Crippen LogP contribution is 2.15. The van der Waals surface area contributed by atoms with E-state index < -0.39 is 0 Å². The summed E-state index contributed by atoms with van der Waals surface area (Å²) in [6.45, 7) is 1.77. The Hall–Kier alpha value is -2.32. The lowest BCUT2D eigenvalue weighted by Crippen LogP contribution is -2.20. The number of benzene rings is 1. The van der Waals surface area contributed by atoms with Gasteiger partial charge in [-0.2, -0.15) is 5.10 Å². The van der Waals surface area contributed by atoms with E-state index in [0.29, 0.717) is 0 Å². The average molecular weight is 243 g/mol. The van der Waals surface area contributed by atoms with Gasteiger partial charge in [-0.25, -0.2) is 9.89 Å². The molecule has 92 valence electrons. The van der Waals surface area contributed by atoms with Crippen LogP contribution in [0.15, 0.2) is 35.4 Å². The summed E-state index contributed by atoms with van der Waals surface area (Å²) in [6.07, 6.45) is 1.48. The maximum Gasteiger partial charge on any atom is 0.343 e. The molecule has 0 radical (unpaired) electrons. The van der Waals surface area contributed by atoms with Gasteiger partial charge in [-0.3, -0.25) is 4.57 Å². The molecule has 5 heteroatoms. The van der Waals surface area contributed by atoms with Gasteiger partial charge in [0, 0.05) is 5.56 Å². The van der Waals surface area contributed by atoms with Crippen LogP contribution in [0.2, 0.25) is 0 Å². The first-order valence-corrected chi connectivity index (χ1v) is 5.53. The van der Waals surface area contributed by atoms with Crippen LogP contribution in [0.25, 0.3) is 0 Å². The summed E-state index contributed by atoms with van der Waals surface area (Å²) in [4.78, 5) is 11.4. The number of aliphatic hydroxyl groups is 1. The molecule has 1 unspecified atom stereocenters. The van der Waals surface area contributed by atoms with Gasteiger partial charge < -0.3 is 5.11 Å². The monoisotopic (exact) mass is 243 g/mol. The summed E-state index contributed by atoms with van der Waals surface area (Å²) in [7, 11) is 0. The van der Waals surface area contributed by atoms with Gasteiger partial charge in [0.2, 0.25) is 0 Å². The first kappa shape index (κ1) is 12.1. The number of hydrogen-bond acceptors (Lipinski definition) is 3. The minimum atomic E-state index is -0.230. The first-order chi connectivity index (χ1) is 8.72. The van der Waals surface area contributed by atoms with E-state index in [1.165, 1.54) is 10.9 Å². The quantitative estimate of drug-likeness (QED) is 0.756. The molecule has 0 aliphatic heterocycles. The molecule has 1 heterocycles. The molecular formula is C13H13N3O2. The van der Waals surface area contributed by atoms with Crippen LogP contribution >= 0.6 is 0 Å². The number of hydrogen-bond donors (Lipinski definition) is 2. The zero-order valence-corrected chi connectivity index (χ0v) is 9.92. The van der Waals surface area contributed by atoms with Crippen LogP contribution in [-0.2, 0) is 0 Å². The van der Waals surface area contributed by atoms with Crippen molar-refractivity contribution in [3.63, 3.8) is 0 Å². The molecule has 1 atom stereocenters. The molecule has 0 bridgehead atoms. The number of nitrogens with zero attached hydrogens (tertiary/aromatic N) is 2. The third-order valence-electron chi connectivity index (χ3n) is 2.70. The second-order valence-electron chi connectivity index (χ2n) is 3.83. The van der Waals surface area contributed by atoms with E-state index in [-0.39, 0.29) is 18.3 Å². The molecule has 5 nitrogen and oxygen atoms in total. The normalized spacial score (nSPS) is 11.7. The van der Waals surface area contributed by atoms with Gasteiger partial charge in [0.15, 0.2) is 0 Å². The van der Waals surface area contributed by atoms with Gasteiger partial charge in [-0.1, -0.05) is 24.0 Å². The van der Waals surface area contributed by atoms with E-state index in [4.69, 9.17) is 5.11 Å². The lowest BCUT2D eigenvalue weighted by atomic mass is 10.1. The molecule has 0 aliphatic rings. The fraction of sp³-hybridized carbons (Fsp3) is 0.231. The number of nitrogens with one attached hydrogen (secondary N) is 1. The summed E-state index contributed by atoms with van der Waals surface area (Å²) in [5.74, 6) is 5.40. The van der Waals surface area contributed by atoms with Gasteiger partial charge in [-0.05, 0) is 24.6 Å². The van der Waals surface area contributed by atoms with Crippen molar-refractivity contribution in [1.82, 2.24) is 14.8 Å². The van der Waals surface area contributed by atoms with Crippen molar-refractivity contribution in [3.05, 3.63) is 52.2 Å². The van der Waals surface area contributed by atoms with Gasteiger partial charge >= 0.3 is 5.69 Å². The summed E-state index contributed by atoms with van der Waals surface area (Å²) < 4.78 is 1.52. The second kappa shape index (κ2) is 5.34. The molecule has 18 heavy (non-hydrogen) atoms. The zero-order chi connectivity index (χ0) is 13.0. The van der Waals surface area contributed by atoms with E-state index in [1.54, 1.807) is 0 Å². The van der Waals surface area contributed by atoms with E-state index in [2.05, 4.69) is 22.0 Å². The van der Waals surface area contributed by atoms with Crippen molar-refractivity contribution >= 4 is 0 Å². The van der Waals surface area contributed by atoms with E-state index in [9.17, 15) is 4.79 Å². The van der Waals surface area contributed by atoms with E-state index in [0.717, 1.165) is 11.1 Å². The number of rotatable bonds is 2. The molecule has 2 N–H and O–H groups in total. The minimum absolute atomic E-state index is 0.0869. The molecule has 1 aromatic heterocycles. The molecule has 2 aromatic rings. The molecular weight excluding hydrogens is 230 g/mol. The van der Waals surface area contributed by atoms with Crippen LogP contribution in [0.1, 0.15) is 24.1 Å². The highest BCUT2D eigenvalue weighted by atomic mass is 16.2. The Bertz CT molecular complexity index is 628. The molecule has 0 aliphatic carbocycles. The SMILES string of the molecule is CC(c1ccc(C#CCO)cc1)n1cn[nH]c1=O.